The second kappa shape index (κ2) is 10.1. The summed E-state index contributed by atoms with van der Waals surface area (Å²) in [5.41, 5.74) is 1.83. The van der Waals surface area contributed by atoms with Crippen LogP contribution >= 0.6 is 0 Å². The number of rotatable bonds is 9. The molecule has 7 heteroatoms. The van der Waals surface area contributed by atoms with Gasteiger partial charge in [-0.3, -0.25) is 14.4 Å². The second-order valence-electron chi connectivity index (χ2n) is 6.28. The number of carboxylic acid groups (broad SMARTS) is 1. The van der Waals surface area contributed by atoms with E-state index in [-0.39, 0.29) is 18.4 Å². The molecule has 0 aliphatic heterocycles. The Bertz CT molecular complexity index is 816. The minimum absolute atomic E-state index is 0.00876. The number of hydrogen-bond donors (Lipinski definition) is 3. The van der Waals surface area contributed by atoms with E-state index in [1.165, 1.54) is 6.92 Å². The topological polar surface area (TPSA) is 105 Å². The van der Waals surface area contributed by atoms with Crippen LogP contribution in [-0.2, 0) is 16.0 Å². The molecule has 0 aromatic heterocycles. The number of amides is 2. The summed E-state index contributed by atoms with van der Waals surface area (Å²) in [6.07, 6.45) is 0.295. The number of aliphatic carboxylic acids is 1. The van der Waals surface area contributed by atoms with Gasteiger partial charge in [0.05, 0.1) is 12.5 Å². The quantitative estimate of drug-likeness (QED) is 0.617. The van der Waals surface area contributed by atoms with Crippen molar-refractivity contribution < 1.29 is 24.2 Å². The van der Waals surface area contributed by atoms with Crippen LogP contribution in [0.3, 0.4) is 0 Å². The van der Waals surface area contributed by atoms with Crippen LogP contribution in [0.1, 0.15) is 29.8 Å². The highest BCUT2D eigenvalue weighted by Gasteiger charge is 2.19. The zero-order valence-electron chi connectivity index (χ0n) is 15.9. The summed E-state index contributed by atoms with van der Waals surface area (Å²) in [5, 5.41) is 14.7. The van der Waals surface area contributed by atoms with Gasteiger partial charge in [0.15, 0.2) is 0 Å². The zero-order chi connectivity index (χ0) is 20.5. The van der Waals surface area contributed by atoms with Crippen molar-refractivity contribution in [1.29, 1.82) is 0 Å². The second-order valence-corrected chi connectivity index (χ2v) is 6.28. The molecule has 2 amide bonds. The van der Waals surface area contributed by atoms with Crippen LogP contribution in [0.2, 0.25) is 0 Å². The maximum absolute atomic E-state index is 12.3. The fourth-order valence-electron chi connectivity index (χ4n) is 2.65. The third-order valence-electron chi connectivity index (χ3n) is 4.04. The smallest absolute Gasteiger partial charge is 0.308 e. The number of ether oxygens (including phenoxy) is 1. The summed E-state index contributed by atoms with van der Waals surface area (Å²) >= 11 is 0. The molecular formula is C21H24N2O5. The van der Waals surface area contributed by atoms with E-state index in [1.807, 2.05) is 19.1 Å². The zero-order valence-corrected chi connectivity index (χ0v) is 15.9. The van der Waals surface area contributed by atoms with Gasteiger partial charge >= 0.3 is 5.97 Å². The molecule has 1 unspecified atom stereocenters. The molecule has 0 heterocycles. The first kappa shape index (κ1) is 21.0. The van der Waals surface area contributed by atoms with E-state index in [9.17, 15) is 19.5 Å². The molecule has 0 saturated carbocycles. The summed E-state index contributed by atoms with van der Waals surface area (Å²) in [6.45, 7) is 3.87. The number of benzene rings is 2. The summed E-state index contributed by atoms with van der Waals surface area (Å²) in [7, 11) is 0. The van der Waals surface area contributed by atoms with Crippen molar-refractivity contribution in [3.05, 3.63) is 59.7 Å². The van der Waals surface area contributed by atoms with Crippen LogP contribution in [0.25, 0.3) is 0 Å². The molecule has 1 atom stereocenters. The standard InChI is InChI=1S/C21H24N2O5/c1-3-28-19-10-4-15(5-11-19)12-17(21(26)27)13-22-20(25)16-6-8-18(9-7-16)23-14(2)24/h4-11,17H,3,12-13H2,1-2H3,(H,22,25)(H,23,24)(H,26,27). The summed E-state index contributed by atoms with van der Waals surface area (Å²) in [4.78, 5) is 34.8. The minimum Gasteiger partial charge on any atom is -0.494 e. The van der Waals surface area contributed by atoms with Crippen LogP contribution in [-0.4, -0.2) is 36.0 Å². The van der Waals surface area contributed by atoms with E-state index in [2.05, 4.69) is 10.6 Å². The summed E-state index contributed by atoms with van der Waals surface area (Å²) in [5.74, 6) is -1.56. The number of carbonyl (C=O) groups excluding carboxylic acids is 2. The van der Waals surface area contributed by atoms with Crippen LogP contribution in [0.15, 0.2) is 48.5 Å². The van der Waals surface area contributed by atoms with Crippen molar-refractivity contribution in [2.24, 2.45) is 5.92 Å². The Hall–Kier alpha value is -3.35. The summed E-state index contributed by atoms with van der Waals surface area (Å²) < 4.78 is 5.37. The molecular weight excluding hydrogens is 360 g/mol. The van der Waals surface area contributed by atoms with Gasteiger partial charge in [-0.05, 0) is 55.3 Å². The normalized spacial score (nSPS) is 11.4. The minimum atomic E-state index is -0.977. The number of carboxylic acids is 1. The molecule has 2 aromatic rings. The van der Waals surface area contributed by atoms with Crippen molar-refractivity contribution in [1.82, 2.24) is 5.32 Å². The van der Waals surface area contributed by atoms with E-state index in [4.69, 9.17) is 4.74 Å². The first-order valence-corrected chi connectivity index (χ1v) is 8.99. The Morgan fingerprint density at radius 3 is 2.21 bits per heavy atom. The molecule has 0 spiro atoms. The Kier molecular flexibility index (Phi) is 7.56. The number of nitrogens with one attached hydrogen (secondary N) is 2. The van der Waals surface area contributed by atoms with Gasteiger partial charge in [-0.2, -0.15) is 0 Å². The highest BCUT2D eigenvalue weighted by atomic mass is 16.5. The van der Waals surface area contributed by atoms with Crippen LogP contribution < -0.4 is 15.4 Å². The Morgan fingerprint density at radius 1 is 1.04 bits per heavy atom. The van der Waals surface area contributed by atoms with Gasteiger partial charge in [-0.1, -0.05) is 12.1 Å². The maximum atomic E-state index is 12.3. The van der Waals surface area contributed by atoms with E-state index >= 15 is 0 Å². The monoisotopic (exact) mass is 384 g/mol. The van der Waals surface area contributed by atoms with Crippen molar-refractivity contribution in [3.8, 4) is 5.75 Å². The number of hydrogen-bond acceptors (Lipinski definition) is 4. The molecule has 0 aliphatic carbocycles. The van der Waals surface area contributed by atoms with Gasteiger partial charge in [-0.15, -0.1) is 0 Å². The highest BCUT2D eigenvalue weighted by molar-refractivity contribution is 5.95. The molecule has 7 nitrogen and oxygen atoms in total. The van der Waals surface area contributed by atoms with E-state index in [0.717, 1.165) is 11.3 Å². The Morgan fingerprint density at radius 2 is 1.68 bits per heavy atom. The van der Waals surface area contributed by atoms with E-state index < -0.39 is 11.9 Å². The SMILES string of the molecule is CCOc1ccc(CC(CNC(=O)c2ccc(NC(C)=O)cc2)C(=O)O)cc1. The van der Waals surface area contributed by atoms with Gasteiger partial charge in [0.1, 0.15) is 5.75 Å². The van der Waals surface area contributed by atoms with Crippen molar-refractivity contribution in [3.63, 3.8) is 0 Å². The fraction of sp³-hybridized carbons (Fsp3) is 0.286. The Balaban J connectivity index is 1.94. The molecule has 2 rings (SSSR count). The van der Waals surface area contributed by atoms with Gasteiger partial charge in [-0.25, -0.2) is 0 Å². The van der Waals surface area contributed by atoms with Gasteiger partial charge in [0, 0.05) is 24.7 Å². The first-order chi connectivity index (χ1) is 13.4. The van der Waals surface area contributed by atoms with E-state index in [0.29, 0.717) is 24.3 Å². The van der Waals surface area contributed by atoms with Crippen molar-refractivity contribution in [2.75, 3.05) is 18.5 Å². The molecule has 2 aromatic carbocycles. The largest absolute Gasteiger partial charge is 0.494 e. The number of carbonyl (C=O) groups is 3. The van der Waals surface area contributed by atoms with E-state index in [1.54, 1.807) is 36.4 Å². The maximum Gasteiger partial charge on any atom is 0.308 e. The van der Waals surface area contributed by atoms with Crippen LogP contribution in [0.5, 0.6) is 5.75 Å². The summed E-state index contributed by atoms with van der Waals surface area (Å²) in [6, 6.07) is 13.6. The highest BCUT2D eigenvalue weighted by Crippen LogP contribution is 2.16. The van der Waals surface area contributed by atoms with Crippen molar-refractivity contribution in [2.45, 2.75) is 20.3 Å². The molecule has 0 fully saturated rings. The first-order valence-electron chi connectivity index (χ1n) is 8.99. The third-order valence-corrected chi connectivity index (χ3v) is 4.04. The average molecular weight is 384 g/mol. The lowest BCUT2D eigenvalue weighted by Gasteiger charge is -2.14. The lowest BCUT2D eigenvalue weighted by Crippen LogP contribution is -2.34. The van der Waals surface area contributed by atoms with Gasteiger partial charge < -0.3 is 20.5 Å². The molecule has 0 aliphatic rings. The average Bonchev–Trinajstić information content (AvgIpc) is 2.66. The molecule has 28 heavy (non-hydrogen) atoms. The predicted molar refractivity (Wildman–Crippen MR) is 106 cm³/mol. The lowest BCUT2D eigenvalue weighted by atomic mass is 9.99. The molecule has 148 valence electrons. The molecule has 0 bridgehead atoms. The van der Waals surface area contributed by atoms with Gasteiger partial charge in [0.2, 0.25) is 5.91 Å². The molecule has 0 saturated heterocycles. The lowest BCUT2D eigenvalue weighted by molar-refractivity contribution is -0.141. The number of anilines is 1. The van der Waals surface area contributed by atoms with Crippen LogP contribution in [0, 0.1) is 5.92 Å². The Labute approximate surface area is 163 Å². The fourth-order valence-corrected chi connectivity index (χ4v) is 2.65. The molecule has 3 N–H and O–H groups in total. The predicted octanol–water partition coefficient (Wildman–Crippen LogP) is 2.72. The van der Waals surface area contributed by atoms with Crippen LogP contribution in [0.4, 0.5) is 5.69 Å². The third kappa shape index (κ3) is 6.42. The van der Waals surface area contributed by atoms with Crippen molar-refractivity contribution >= 4 is 23.5 Å². The molecule has 0 radical (unpaired) electrons. The van der Waals surface area contributed by atoms with Gasteiger partial charge in [0.25, 0.3) is 5.91 Å².